The van der Waals surface area contributed by atoms with Crippen molar-refractivity contribution in [2.75, 3.05) is 5.32 Å². The van der Waals surface area contributed by atoms with Crippen LogP contribution in [0.25, 0.3) is 0 Å². The van der Waals surface area contributed by atoms with Crippen LogP contribution in [0.15, 0.2) is 42.5 Å². The quantitative estimate of drug-likeness (QED) is 0.904. The monoisotopic (exact) mass is 299 g/mol. The number of benzene rings is 2. The van der Waals surface area contributed by atoms with E-state index in [0.717, 1.165) is 11.1 Å². The lowest BCUT2D eigenvalue weighted by atomic mass is 10.1. The number of anilines is 1. The lowest BCUT2D eigenvalue weighted by molar-refractivity contribution is 0.251. The van der Waals surface area contributed by atoms with E-state index in [2.05, 4.69) is 10.6 Å². The average Bonchev–Trinajstić information content (AvgIpc) is 2.49. The number of carbonyl (C=O) groups excluding carboxylic acids is 1. The van der Waals surface area contributed by atoms with Crippen LogP contribution in [0.3, 0.4) is 0 Å². The summed E-state index contributed by atoms with van der Waals surface area (Å²) in [5.74, 6) is 0. The number of hydrogen-bond acceptors (Lipinski definition) is 2. The largest absolute Gasteiger partial charge is 0.334 e. The first-order chi connectivity index (χ1) is 10.1. The fourth-order valence-electron chi connectivity index (χ4n) is 1.73. The van der Waals surface area contributed by atoms with Crippen molar-refractivity contribution in [3.8, 4) is 6.07 Å². The highest BCUT2D eigenvalue weighted by molar-refractivity contribution is 6.31. The van der Waals surface area contributed by atoms with Gasteiger partial charge in [-0.1, -0.05) is 23.7 Å². The molecule has 0 fully saturated rings. The van der Waals surface area contributed by atoms with Crippen molar-refractivity contribution < 1.29 is 4.79 Å². The van der Waals surface area contributed by atoms with Gasteiger partial charge in [-0.05, 0) is 48.4 Å². The van der Waals surface area contributed by atoms with E-state index < -0.39 is 0 Å². The lowest BCUT2D eigenvalue weighted by Crippen LogP contribution is -2.28. The summed E-state index contributed by atoms with van der Waals surface area (Å²) >= 11 is 6.03. The number of carbonyl (C=O) groups is 1. The smallest absolute Gasteiger partial charge is 0.319 e. The molecule has 0 saturated heterocycles. The van der Waals surface area contributed by atoms with E-state index in [-0.39, 0.29) is 6.03 Å². The average molecular weight is 300 g/mol. The fraction of sp³-hybridized carbons (Fsp3) is 0.125. The van der Waals surface area contributed by atoms with Crippen molar-refractivity contribution >= 4 is 23.3 Å². The number of aryl methyl sites for hydroxylation is 1. The summed E-state index contributed by atoms with van der Waals surface area (Å²) in [5, 5.41) is 14.8. The molecule has 0 saturated carbocycles. The predicted octanol–water partition coefficient (Wildman–Crippen LogP) is 3.84. The third kappa shape index (κ3) is 4.23. The number of amides is 2. The van der Waals surface area contributed by atoms with Crippen molar-refractivity contribution in [1.29, 1.82) is 5.26 Å². The third-order valence-corrected chi connectivity index (χ3v) is 3.37. The molecule has 2 aromatic rings. The highest BCUT2D eigenvalue weighted by Crippen LogP contribution is 2.16. The number of nitriles is 1. The van der Waals surface area contributed by atoms with Gasteiger partial charge in [0, 0.05) is 17.3 Å². The van der Waals surface area contributed by atoms with Crippen LogP contribution < -0.4 is 10.6 Å². The molecular formula is C16H14ClN3O. The second-order valence-corrected chi connectivity index (χ2v) is 4.99. The Morgan fingerprint density at radius 1 is 1.24 bits per heavy atom. The Morgan fingerprint density at radius 3 is 2.57 bits per heavy atom. The van der Waals surface area contributed by atoms with E-state index in [1.54, 1.807) is 24.3 Å². The summed E-state index contributed by atoms with van der Waals surface area (Å²) in [7, 11) is 0. The van der Waals surface area contributed by atoms with Crippen molar-refractivity contribution in [3.05, 3.63) is 64.2 Å². The topological polar surface area (TPSA) is 64.9 Å². The standard InChI is InChI=1S/C16H14ClN3O/c1-11-2-3-13(8-15(11)17)10-19-16(21)20-14-6-4-12(9-18)5-7-14/h2-8H,10H2,1H3,(H2,19,20,21). The molecule has 2 aromatic carbocycles. The molecule has 0 aliphatic heterocycles. The van der Waals surface area contributed by atoms with Crippen LogP contribution in [-0.2, 0) is 6.54 Å². The Balaban J connectivity index is 1.89. The number of halogens is 1. The van der Waals surface area contributed by atoms with Gasteiger partial charge in [-0.3, -0.25) is 0 Å². The van der Waals surface area contributed by atoms with Crippen molar-refractivity contribution in [3.63, 3.8) is 0 Å². The zero-order valence-electron chi connectivity index (χ0n) is 11.5. The van der Waals surface area contributed by atoms with Gasteiger partial charge in [0.25, 0.3) is 0 Å². The number of nitrogens with one attached hydrogen (secondary N) is 2. The molecule has 0 aliphatic carbocycles. The first-order valence-corrected chi connectivity index (χ1v) is 6.76. The first-order valence-electron chi connectivity index (χ1n) is 6.38. The number of rotatable bonds is 3. The van der Waals surface area contributed by atoms with Crippen molar-refractivity contribution in [2.24, 2.45) is 0 Å². The van der Waals surface area contributed by atoms with Gasteiger partial charge in [0.05, 0.1) is 11.6 Å². The lowest BCUT2D eigenvalue weighted by Gasteiger charge is -2.08. The van der Waals surface area contributed by atoms with Crippen LogP contribution in [0, 0.1) is 18.3 Å². The van der Waals surface area contributed by atoms with E-state index in [1.807, 2.05) is 31.2 Å². The molecule has 0 aliphatic rings. The Kier molecular flexibility index (Phi) is 4.81. The molecule has 0 aromatic heterocycles. The molecule has 2 amide bonds. The van der Waals surface area contributed by atoms with Crippen LogP contribution in [0.1, 0.15) is 16.7 Å². The van der Waals surface area contributed by atoms with Gasteiger partial charge in [-0.2, -0.15) is 5.26 Å². The Morgan fingerprint density at radius 2 is 1.95 bits per heavy atom. The van der Waals surface area contributed by atoms with Gasteiger partial charge in [0.15, 0.2) is 0 Å². The molecule has 2 N–H and O–H groups in total. The summed E-state index contributed by atoms with van der Waals surface area (Å²) in [4.78, 5) is 11.8. The maximum Gasteiger partial charge on any atom is 0.319 e. The van der Waals surface area contributed by atoms with Gasteiger partial charge in [0.2, 0.25) is 0 Å². The Labute approximate surface area is 128 Å². The molecule has 106 valence electrons. The van der Waals surface area contributed by atoms with Crippen LogP contribution in [0.5, 0.6) is 0 Å². The SMILES string of the molecule is Cc1ccc(CNC(=O)Nc2ccc(C#N)cc2)cc1Cl. The van der Waals surface area contributed by atoms with Crippen molar-refractivity contribution in [1.82, 2.24) is 5.32 Å². The summed E-state index contributed by atoms with van der Waals surface area (Å²) in [6.07, 6.45) is 0. The van der Waals surface area contributed by atoms with E-state index in [1.165, 1.54) is 0 Å². The normalized spacial score (nSPS) is 9.76. The minimum absolute atomic E-state index is 0.309. The molecule has 0 spiro atoms. The summed E-state index contributed by atoms with van der Waals surface area (Å²) in [5.41, 5.74) is 3.12. The van der Waals surface area contributed by atoms with Gasteiger partial charge >= 0.3 is 6.03 Å². The fourth-order valence-corrected chi connectivity index (χ4v) is 1.94. The highest BCUT2D eigenvalue weighted by atomic mass is 35.5. The Hall–Kier alpha value is -2.51. The molecule has 0 unspecified atom stereocenters. The second-order valence-electron chi connectivity index (χ2n) is 4.58. The third-order valence-electron chi connectivity index (χ3n) is 2.96. The number of nitrogens with zero attached hydrogens (tertiary/aromatic N) is 1. The van der Waals surface area contributed by atoms with E-state index in [0.29, 0.717) is 22.8 Å². The Bertz CT molecular complexity index is 690. The number of hydrogen-bond donors (Lipinski definition) is 2. The molecule has 5 heteroatoms. The summed E-state index contributed by atoms with van der Waals surface area (Å²) in [6.45, 7) is 2.32. The van der Waals surface area contributed by atoms with Gasteiger partial charge in [-0.15, -0.1) is 0 Å². The molecule has 2 rings (SSSR count). The highest BCUT2D eigenvalue weighted by Gasteiger charge is 2.03. The minimum atomic E-state index is -0.309. The van der Waals surface area contributed by atoms with E-state index >= 15 is 0 Å². The molecule has 0 heterocycles. The molecule has 0 bridgehead atoms. The predicted molar refractivity (Wildman–Crippen MR) is 83.2 cm³/mol. The van der Waals surface area contributed by atoms with Crippen LogP contribution in [0.2, 0.25) is 5.02 Å². The molecular weight excluding hydrogens is 286 g/mol. The van der Waals surface area contributed by atoms with E-state index in [9.17, 15) is 4.79 Å². The maximum absolute atomic E-state index is 11.8. The second kappa shape index (κ2) is 6.78. The van der Waals surface area contributed by atoms with Gasteiger partial charge in [0.1, 0.15) is 0 Å². The van der Waals surface area contributed by atoms with Gasteiger partial charge in [-0.25, -0.2) is 4.79 Å². The van der Waals surface area contributed by atoms with Crippen LogP contribution in [-0.4, -0.2) is 6.03 Å². The van der Waals surface area contributed by atoms with Gasteiger partial charge < -0.3 is 10.6 Å². The zero-order chi connectivity index (χ0) is 15.2. The first kappa shape index (κ1) is 14.9. The molecule has 4 nitrogen and oxygen atoms in total. The summed E-state index contributed by atoms with van der Waals surface area (Å²) in [6, 6.07) is 14.0. The number of urea groups is 1. The molecule has 0 radical (unpaired) electrons. The van der Waals surface area contributed by atoms with Crippen molar-refractivity contribution in [2.45, 2.75) is 13.5 Å². The van der Waals surface area contributed by atoms with E-state index in [4.69, 9.17) is 16.9 Å². The molecule has 0 atom stereocenters. The summed E-state index contributed by atoms with van der Waals surface area (Å²) < 4.78 is 0. The maximum atomic E-state index is 11.8. The molecule has 21 heavy (non-hydrogen) atoms. The minimum Gasteiger partial charge on any atom is -0.334 e. The van der Waals surface area contributed by atoms with Crippen LogP contribution in [0.4, 0.5) is 10.5 Å². The van der Waals surface area contributed by atoms with Crippen LogP contribution >= 0.6 is 11.6 Å². The zero-order valence-corrected chi connectivity index (χ0v) is 12.2.